The summed E-state index contributed by atoms with van der Waals surface area (Å²) in [4.78, 5) is 2.43. The molecule has 3 heteroatoms. The Kier molecular flexibility index (Phi) is 9.85. The maximum Gasteiger partial charge on any atom is 0.0640 e. The van der Waals surface area contributed by atoms with E-state index in [2.05, 4.69) is 289 Å². The second-order valence-electron chi connectivity index (χ2n) is 20.4. The normalized spacial score (nSPS) is 11.9. The van der Waals surface area contributed by atoms with Gasteiger partial charge >= 0.3 is 0 Å². The number of hydrogen-bond acceptors (Lipinski definition) is 2. The van der Waals surface area contributed by atoms with E-state index in [0.717, 1.165) is 22.6 Å². The first-order valence-corrected chi connectivity index (χ1v) is 27.3. The van der Waals surface area contributed by atoms with Crippen LogP contribution in [-0.4, -0.2) is 4.57 Å². The largest absolute Gasteiger partial charge is 0.309 e. The van der Waals surface area contributed by atoms with E-state index in [1.54, 1.807) is 0 Å². The van der Waals surface area contributed by atoms with Crippen molar-refractivity contribution >= 4 is 124 Å². The zero-order valence-electron chi connectivity index (χ0n) is 41.9. The summed E-state index contributed by atoms with van der Waals surface area (Å²) in [6, 6.07) is 103. The smallest absolute Gasteiger partial charge is 0.0640 e. The summed E-state index contributed by atoms with van der Waals surface area (Å²) in [5.74, 6) is 0. The molecule has 2 nitrogen and oxygen atoms in total. The molecule has 0 aliphatic heterocycles. The second kappa shape index (κ2) is 17.4. The van der Waals surface area contributed by atoms with Crippen LogP contribution in [0.25, 0.3) is 135 Å². The molecule has 0 saturated heterocycles. The van der Waals surface area contributed by atoms with E-state index in [0.29, 0.717) is 0 Å². The molecule has 16 aromatic rings. The zero-order valence-corrected chi connectivity index (χ0v) is 42.7. The average Bonchev–Trinajstić information content (AvgIpc) is 4.06. The van der Waals surface area contributed by atoms with Gasteiger partial charge in [-0.25, -0.2) is 0 Å². The van der Waals surface area contributed by atoms with Gasteiger partial charge in [-0.3, -0.25) is 0 Å². The molecule has 2 heterocycles. The van der Waals surface area contributed by atoms with E-state index in [4.69, 9.17) is 0 Å². The molecule has 0 atom stereocenters. The highest BCUT2D eigenvalue weighted by molar-refractivity contribution is 7.26. The number of nitrogens with zero attached hydrogens (tertiary/aromatic N) is 2. The third kappa shape index (κ3) is 6.95. The Balaban J connectivity index is 0.875. The summed E-state index contributed by atoms with van der Waals surface area (Å²) in [7, 11) is 0. The molecule has 0 unspecified atom stereocenters. The van der Waals surface area contributed by atoms with E-state index in [1.807, 2.05) is 11.3 Å². The molecule has 2 aromatic heterocycles. The topological polar surface area (TPSA) is 8.17 Å². The number of hydrogen-bond donors (Lipinski definition) is 0. The van der Waals surface area contributed by atoms with Crippen LogP contribution in [0, 0.1) is 0 Å². The predicted molar refractivity (Wildman–Crippen MR) is 332 cm³/mol. The molecular weight excluding hydrogens is 949 g/mol. The Labute approximate surface area is 449 Å². The number of anilines is 3. The van der Waals surface area contributed by atoms with Gasteiger partial charge in [0.05, 0.1) is 21.4 Å². The molecule has 0 radical (unpaired) electrons. The molecule has 16 rings (SSSR count). The van der Waals surface area contributed by atoms with Crippen LogP contribution in [0.2, 0.25) is 0 Å². The first-order valence-electron chi connectivity index (χ1n) is 26.5. The fourth-order valence-corrected chi connectivity index (χ4v) is 13.8. The summed E-state index contributed by atoms with van der Waals surface area (Å²) >= 11 is 1.87. The summed E-state index contributed by atoms with van der Waals surface area (Å²) in [6.07, 6.45) is 0. The van der Waals surface area contributed by atoms with Crippen molar-refractivity contribution in [2.75, 3.05) is 4.90 Å². The lowest BCUT2D eigenvalue weighted by Crippen LogP contribution is -2.10. The molecule has 0 amide bonds. The molecule has 0 fully saturated rings. The number of fused-ring (bicyclic) bond motifs is 15. The maximum absolute atomic E-state index is 2.48. The van der Waals surface area contributed by atoms with E-state index >= 15 is 0 Å². The monoisotopic (exact) mass is 994 g/mol. The van der Waals surface area contributed by atoms with Gasteiger partial charge in [-0.15, -0.1) is 11.3 Å². The van der Waals surface area contributed by atoms with Crippen LogP contribution in [0.1, 0.15) is 0 Å². The molecule has 0 aliphatic rings. The van der Waals surface area contributed by atoms with E-state index in [-0.39, 0.29) is 0 Å². The van der Waals surface area contributed by atoms with Crippen molar-refractivity contribution < 1.29 is 0 Å². The van der Waals surface area contributed by atoms with Gasteiger partial charge in [0.1, 0.15) is 0 Å². The SMILES string of the molecule is c1ccc(-c2ccc(N(c3ccc(-c4ccc5c(c4)c4cc(-c6cc7ccccc7c7ccccc67)ccc4n5-c4ccc5c6ccccc6c6ccccc6c5c4)cc3)c3cccc4c3sc3ccccc34)cc2)cc1. The first-order chi connectivity index (χ1) is 38.2. The molecule has 358 valence electrons. The molecule has 0 N–H and O–H groups in total. The molecular formula is C74H46N2S. The number of aromatic nitrogens is 1. The maximum atomic E-state index is 2.48. The van der Waals surface area contributed by atoms with E-state index in [9.17, 15) is 0 Å². The Morgan fingerprint density at radius 1 is 0.273 bits per heavy atom. The standard InChI is InChI=1S/C74H46N2S/c1-2-15-47(16-3-1)48-29-35-53(36-30-48)75(72-27-14-26-65-64-25-12-13-28-73(64)77-74(65)72)54-37-31-49(32-38-54)50-33-41-70-68(43-50)69-45-52(66-44-51-17-4-5-18-56(51)57-19-6-10-23-61(57)66)34-42-71(69)76(70)55-39-40-63-60-22-8-7-20-58(60)59-21-9-11-24-62(59)67(63)46-55/h1-46H. The Bertz CT molecular complexity index is 4990. The van der Waals surface area contributed by atoms with Crippen LogP contribution in [0.15, 0.2) is 279 Å². The van der Waals surface area contributed by atoms with Crippen molar-refractivity contribution in [3.63, 3.8) is 0 Å². The molecule has 0 bridgehead atoms. The van der Waals surface area contributed by atoms with E-state index < -0.39 is 0 Å². The minimum absolute atomic E-state index is 1.10. The molecule has 0 saturated carbocycles. The van der Waals surface area contributed by atoms with Crippen molar-refractivity contribution in [3.05, 3.63) is 279 Å². The molecule has 77 heavy (non-hydrogen) atoms. The lowest BCUT2D eigenvalue weighted by molar-refractivity contribution is 1.19. The summed E-state index contributed by atoms with van der Waals surface area (Å²) in [5, 5.41) is 17.7. The van der Waals surface area contributed by atoms with Crippen LogP contribution in [-0.2, 0) is 0 Å². The number of benzene rings is 14. The first kappa shape index (κ1) is 43.6. The summed E-state index contributed by atoms with van der Waals surface area (Å²) in [5.41, 5.74) is 14.1. The van der Waals surface area contributed by atoms with Gasteiger partial charge < -0.3 is 9.47 Å². The third-order valence-electron chi connectivity index (χ3n) is 16.1. The minimum atomic E-state index is 1.10. The van der Waals surface area contributed by atoms with Crippen LogP contribution in [0.5, 0.6) is 0 Å². The third-order valence-corrected chi connectivity index (χ3v) is 17.4. The average molecular weight is 995 g/mol. The molecule has 0 aliphatic carbocycles. The Morgan fingerprint density at radius 3 is 1.43 bits per heavy atom. The van der Waals surface area contributed by atoms with Crippen LogP contribution in [0.3, 0.4) is 0 Å². The molecule has 14 aromatic carbocycles. The van der Waals surface area contributed by atoms with Crippen LogP contribution < -0.4 is 4.90 Å². The highest BCUT2D eigenvalue weighted by atomic mass is 32.1. The van der Waals surface area contributed by atoms with Crippen molar-refractivity contribution in [1.29, 1.82) is 0 Å². The van der Waals surface area contributed by atoms with Crippen LogP contribution >= 0.6 is 11.3 Å². The minimum Gasteiger partial charge on any atom is -0.309 e. The quantitative estimate of drug-likeness (QED) is 0.145. The highest BCUT2D eigenvalue weighted by Crippen LogP contribution is 2.47. The van der Waals surface area contributed by atoms with Gasteiger partial charge in [0.15, 0.2) is 0 Å². The van der Waals surface area contributed by atoms with Crippen LogP contribution in [0.4, 0.5) is 17.1 Å². The Hall–Kier alpha value is -9.80. The summed E-state index contributed by atoms with van der Waals surface area (Å²) < 4.78 is 5.05. The fraction of sp³-hybridized carbons (Fsp3) is 0. The lowest BCUT2D eigenvalue weighted by atomic mass is 9.92. The summed E-state index contributed by atoms with van der Waals surface area (Å²) in [6.45, 7) is 0. The fourth-order valence-electron chi connectivity index (χ4n) is 12.5. The van der Waals surface area contributed by atoms with Gasteiger partial charge in [-0.05, 0) is 166 Å². The van der Waals surface area contributed by atoms with Crippen molar-refractivity contribution in [2.45, 2.75) is 0 Å². The van der Waals surface area contributed by atoms with Gasteiger partial charge in [0.2, 0.25) is 0 Å². The Morgan fingerprint density at radius 2 is 0.753 bits per heavy atom. The number of rotatable bonds is 7. The molecule has 0 spiro atoms. The van der Waals surface area contributed by atoms with Crippen molar-refractivity contribution in [1.82, 2.24) is 4.57 Å². The predicted octanol–water partition coefficient (Wildman–Crippen LogP) is 21.4. The van der Waals surface area contributed by atoms with Gasteiger partial charge in [-0.1, -0.05) is 200 Å². The van der Waals surface area contributed by atoms with Crippen molar-refractivity contribution in [2.24, 2.45) is 0 Å². The lowest BCUT2D eigenvalue weighted by Gasteiger charge is -2.26. The van der Waals surface area contributed by atoms with Gasteiger partial charge in [0.25, 0.3) is 0 Å². The van der Waals surface area contributed by atoms with Crippen molar-refractivity contribution in [3.8, 4) is 39.1 Å². The van der Waals surface area contributed by atoms with Gasteiger partial charge in [0, 0.05) is 43.3 Å². The highest BCUT2D eigenvalue weighted by Gasteiger charge is 2.21. The number of thiophene rings is 1. The second-order valence-corrected chi connectivity index (χ2v) is 21.4. The van der Waals surface area contributed by atoms with E-state index in [1.165, 1.54) is 129 Å². The zero-order chi connectivity index (χ0) is 50.6. The van der Waals surface area contributed by atoms with Gasteiger partial charge in [-0.2, -0.15) is 0 Å².